The highest BCUT2D eigenvalue weighted by Gasteiger charge is 2.27. The lowest BCUT2D eigenvalue weighted by molar-refractivity contribution is 0.0932. The lowest BCUT2D eigenvalue weighted by Gasteiger charge is -2.17. The minimum absolute atomic E-state index is 0.249. The van der Waals surface area contributed by atoms with Gasteiger partial charge in [-0.3, -0.25) is 9.59 Å². The molecule has 1 aliphatic rings. The molecule has 0 saturated carbocycles. The number of hydrogen-bond acceptors (Lipinski definition) is 4. The number of rotatable bonds is 6. The van der Waals surface area contributed by atoms with Gasteiger partial charge in [-0.15, -0.1) is 0 Å². The molecule has 1 aromatic carbocycles. The average molecular weight is 392 g/mol. The summed E-state index contributed by atoms with van der Waals surface area (Å²) in [6.07, 6.45) is 4.25. The lowest BCUT2D eigenvalue weighted by Crippen LogP contribution is -2.27. The Kier molecular flexibility index (Phi) is 5.46. The second kappa shape index (κ2) is 8.34. The van der Waals surface area contributed by atoms with E-state index in [-0.39, 0.29) is 24.2 Å². The Labute approximate surface area is 169 Å². The van der Waals surface area contributed by atoms with E-state index < -0.39 is 0 Å². The Hall–Kier alpha value is -3.35. The Morgan fingerprint density at radius 3 is 2.62 bits per heavy atom. The molecule has 4 rings (SSSR count). The molecule has 0 radical (unpaired) electrons. The first kappa shape index (κ1) is 19.0. The van der Waals surface area contributed by atoms with E-state index in [1.165, 1.54) is 5.56 Å². The first-order chi connectivity index (χ1) is 14.1. The van der Waals surface area contributed by atoms with Crippen LogP contribution in [0.1, 0.15) is 56.5 Å². The third-order valence-corrected chi connectivity index (χ3v) is 5.11. The predicted molar refractivity (Wildman–Crippen MR) is 107 cm³/mol. The molecule has 29 heavy (non-hydrogen) atoms. The summed E-state index contributed by atoms with van der Waals surface area (Å²) >= 11 is 0. The zero-order valence-electron chi connectivity index (χ0n) is 16.4. The Morgan fingerprint density at radius 1 is 1.07 bits per heavy atom. The van der Waals surface area contributed by atoms with Gasteiger partial charge in [-0.25, -0.2) is 4.98 Å². The molecule has 0 atom stereocenters. The third-order valence-electron chi connectivity index (χ3n) is 5.11. The molecule has 7 heteroatoms. The van der Waals surface area contributed by atoms with Gasteiger partial charge in [0.25, 0.3) is 11.8 Å². The number of fused-ring (bicyclic) bond motifs is 1. The van der Waals surface area contributed by atoms with E-state index >= 15 is 0 Å². The van der Waals surface area contributed by atoms with Crippen LogP contribution in [0.5, 0.6) is 0 Å². The molecule has 3 aromatic rings. The largest absolute Gasteiger partial charge is 0.467 e. The van der Waals surface area contributed by atoms with Crippen LogP contribution in [0.2, 0.25) is 0 Å². The van der Waals surface area contributed by atoms with Gasteiger partial charge in [0.15, 0.2) is 5.82 Å². The summed E-state index contributed by atoms with van der Waals surface area (Å²) in [7, 11) is 0. The maximum absolute atomic E-state index is 12.8. The number of carbonyl (C=O) groups excluding carboxylic acids is 2. The van der Waals surface area contributed by atoms with Crippen LogP contribution in [0.3, 0.4) is 0 Å². The molecule has 0 saturated heterocycles. The predicted octanol–water partition coefficient (Wildman–Crippen LogP) is 2.98. The number of benzene rings is 1. The van der Waals surface area contributed by atoms with Crippen molar-refractivity contribution in [3.63, 3.8) is 0 Å². The van der Waals surface area contributed by atoms with Gasteiger partial charge in [0, 0.05) is 13.1 Å². The smallest absolute Gasteiger partial charge is 0.287 e. The number of aromatic nitrogens is 2. The van der Waals surface area contributed by atoms with Crippen LogP contribution in [-0.4, -0.2) is 21.4 Å². The summed E-state index contributed by atoms with van der Waals surface area (Å²) < 4.78 is 7.13. The number of hydrogen-bond donors (Lipinski definition) is 2. The van der Waals surface area contributed by atoms with Crippen LogP contribution in [0, 0.1) is 6.92 Å². The highest BCUT2D eigenvalue weighted by atomic mass is 16.3. The molecular formula is C22H24N4O3. The monoisotopic (exact) mass is 392 g/mol. The lowest BCUT2D eigenvalue weighted by atomic mass is 10.1. The quantitative estimate of drug-likeness (QED) is 0.675. The highest BCUT2D eigenvalue weighted by Crippen LogP contribution is 2.21. The van der Waals surface area contributed by atoms with Crippen LogP contribution < -0.4 is 10.6 Å². The fourth-order valence-electron chi connectivity index (χ4n) is 3.53. The molecule has 2 amide bonds. The molecule has 0 fully saturated rings. The third kappa shape index (κ3) is 4.23. The summed E-state index contributed by atoms with van der Waals surface area (Å²) in [6, 6.07) is 11.6. The van der Waals surface area contributed by atoms with E-state index in [0.717, 1.165) is 30.5 Å². The second-order valence-corrected chi connectivity index (χ2v) is 7.27. The van der Waals surface area contributed by atoms with E-state index in [0.29, 0.717) is 24.5 Å². The zero-order chi connectivity index (χ0) is 20.2. The Bertz CT molecular complexity index is 1000. The normalized spacial score (nSPS) is 13.0. The molecule has 0 spiro atoms. The summed E-state index contributed by atoms with van der Waals surface area (Å²) in [4.78, 5) is 29.9. The topological polar surface area (TPSA) is 89.2 Å². The number of nitrogens with zero attached hydrogens (tertiary/aromatic N) is 2. The molecule has 0 unspecified atom stereocenters. The molecule has 0 bridgehead atoms. The minimum atomic E-state index is -0.304. The van der Waals surface area contributed by atoms with Crippen molar-refractivity contribution in [2.75, 3.05) is 0 Å². The SMILES string of the molecule is Cc1ccc(CNC(=O)c2nc(C(=O)NCc3ccco3)n3c2CCCC3)cc1. The number of nitrogens with one attached hydrogen (secondary N) is 2. The molecule has 2 aromatic heterocycles. The van der Waals surface area contributed by atoms with Gasteiger partial charge in [-0.05, 0) is 43.9 Å². The molecule has 150 valence electrons. The van der Waals surface area contributed by atoms with Crippen LogP contribution >= 0.6 is 0 Å². The van der Waals surface area contributed by atoms with Gasteiger partial charge in [0.05, 0.1) is 18.5 Å². The maximum atomic E-state index is 12.8. The van der Waals surface area contributed by atoms with Crippen LogP contribution in [0.25, 0.3) is 0 Å². The van der Waals surface area contributed by atoms with E-state index in [2.05, 4.69) is 15.6 Å². The van der Waals surface area contributed by atoms with Crippen molar-refractivity contribution in [2.24, 2.45) is 0 Å². The van der Waals surface area contributed by atoms with E-state index in [1.54, 1.807) is 18.4 Å². The zero-order valence-corrected chi connectivity index (χ0v) is 16.4. The summed E-state index contributed by atoms with van der Waals surface area (Å²) in [5.74, 6) is 0.398. The van der Waals surface area contributed by atoms with Crippen LogP contribution in [-0.2, 0) is 26.1 Å². The summed E-state index contributed by atoms with van der Waals surface area (Å²) in [5.41, 5.74) is 3.38. The number of imidazole rings is 1. The number of amides is 2. The van der Waals surface area contributed by atoms with Gasteiger partial charge in [-0.2, -0.15) is 0 Å². The maximum Gasteiger partial charge on any atom is 0.287 e. The summed E-state index contributed by atoms with van der Waals surface area (Å²) in [5, 5.41) is 5.75. The van der Waals surface area contributed by atoms with E-state index in [1.807, 2.05) is 35.8 Å². The van der Waals surface area contributed by atoms with Crippen LogP contribution in [0.15, 0.2) is 47.1 Å². The van der Waals surface area contributed by atoms with Gasteiger partial charge >= 0.3 is 0 Å². The highest BCUT2D eigenvalue weighted by molar-refractivity contribution is 5.97. The fraction of sp³-hybridized carbons (Fsp3) is 0.318. The number of furan rings is 1. The minimum Gasteiger partial charge on any atom is -0.467 e. The molecule has 3 heterocycles. The summed E-state index contributed by atoms with van der Waals surface area (Å²) in [6.45, 7) is 3.42. The van der Waals surface area contributed by atoms with Crippen molar-refractivity contribution in [3.05, 3.63) is 76.8 Å². The standard InChI is InChI=1S/C22H24N4O3/c1-15-7-9-16(10-8-15)13-23-21(27)19-18-6-2-3-11-26(18)20(25-19)22(28)24-14-17-5-4-12-29-17/h4-5,7-10,12H,2-3,6,11,13-14H2,1H3,(H,23,27)(H,24,28). The van der Waals surface area contributed by atoms with Gasteiger partial charge in [-0.1, -0.05) is 29.8 Å². The van der Waals surface area contributed by atoms with Crippen molar-refractivity contribution in [1.29, 1.82) is 0 Å². The first-order valence-corrected chi connectivity index (χ1v) is 9.85. The van der Waals surface area contributed by atoms with Crippen molar-refractivity contribution in [3.8, 4) is 0 Å². The van der Waals surface area contributed by atoms with Crippen molar-refractivity contribution < 1.29 is 14.0 Å². The van der Waals surface area contributed by atoms with Gasteiger partial charge in [0.2, 0.25) is 0 Å². The van der Waals surface area contributed by atoms with Crippen LogP contribution in [0.4, 0.5) is 0 Å². The second-order valence-electron chi connectivity index (χ2n) is 7.27. The number of aryl methyl sites for hydroxylation is 1. The van der Waals surface area contributed by atoms with Crippen molar-refractivity contribution in [2.45, 2.75) is 45.8 Å². The Balaban J connectivity index is 1.49. The molecule has 7 nitrogen and oxygen atoms in total. The molecule has 2 N–H and O–H groups in total. The average Bonchev–Trinajstić information content (AvgIpc) is 3.39. The molecular weight excluding hydrogens is 368 g/mol. The fourth-order valence-corrected chi connectivity index (χ4v) is 3.53. The first-order valence-electron chi connectivity index (χ1n) is 9.85. The van der Waals surface area contributed by atoms with E-state index in [9.17, 15) is 9.59 Å². The Morgan fingerprint density at radius 2 is 1.86 bits per heavy atom. The van der Waals surface area contributed by atoms with Gasteiger partial charge in [0.1, 0.15) is 11.5 Å². The van der Waals surface area contributed by atoms with E-state index in [4.69, 9.17) is 4.42 Å². The molecule has 0 aliphatic carbocycles. The van der Waals surface area contributed by atoms with Crippen molar-refractivity contribution >= 4 is 11.8 Å². The van der Waals surface area contributed by atoms with Crippen molar-refractivity contribution in [1.82, 2.24) is 20.2 Å². The molecule has 1 aliphatic heterocycles. The number of carbonyl (C=O) groups is 2. The van der Waals surface area contributed by atoms with Gasteiger partial charge < -0.3 is 19.6 Å².